The number of nitrogens with zero attached hydrogens (tertiary/aromatic N) is 3. The van der Waals surface area contributed by atoms with Crippen LogP contribution in [0.2, 0.25) is 0 Å². The van der Waals surface area contributed by atoms with Crippen LogP contribution in [0.5, 0.6) is 0 Å². The van der Waals surface area contributed by atoms with E-state index >= 15 is 0 Å². The molecule has 2 aliphatic heterocycles. The first kappa shape index (κ1) is 15.3. The van der Waals surface area contributed by atoms with Crippen molar-refractivity contribution < 1.29 is 4.92 Å². The second kappa shape index (κ2) is 6.36. The molecular weight excluding hydrogens is 304 g/mol. The van der Waals surface area contributed by atoms with Gasteiger partial charge < -0.3 is 10.2 Å². The Morgan fingerprint density at radius 1 is 1.17 bits per heavy atom. The summed E-state index contributed by atoms with van der Waals surface area (Å²) in [7, 11) is 0. The van der Waals surface area contributed by atoms with Crippen LogP contribution in [-0.2, 0) is 0 Å². The maximum Gasteiger partial charge on any atom is 0.278 e. The number of rotatable bonds is 3. The van der Waals surface area contributed by atoms with E-state index in [0.717, 1.165) is 36.6 Å². The number of nitro groups is 1. The molecule has 1 unspecified atom stereocenters. The molecule has 2 aromatic rings. The fourth-order valence-electron chi connectivity index (χ4n) is 4.25. The fourth-order valence-corrected chi connectivity index (χ4v) is 4.25. The number of hydrogen-bond donors (Lipinski definition) is 1. The van der Waals surface area contributed by atoms with Crippen molar-refractivity contribution >= 4 is 22.1 Å². The van der Waals surface area contributed by atoms with E-state index in [1.807, 2.05) is 12.1 Å². The molecule has 126 valence electrons. The van der Waals surface area contributed by atoms with Crippen molar-refractivity contribution in [1.82, 2.24) is 10.3 Å². The number of anilines is 1. The van der Waals surface area contributed by atoms with E-state index in [1.54, 1.807) is 18.5 Å². The van der Waals surface area contributed by atoms with Crippen LogP contribution in [-0.4, -0.2) is 35.6 Å². The quantitative estimate of drug-likeness (QED) is 0.693. The molecule has 6 nitrogen and oxygen atoms in total. The first-order valence-corrected chi connectivity index (χ1v) is 8.73. The van der Waals surface area contributed by atoms with Crippen molar-refractivity contribution in [1.29, 1.82) is 0 Å². The third-order valence-corrected chi connectivity index (χ3v) is 5.52. The van der Waals surface area contributed by atoms with Crippen molar-refractivity contribution in [2.24, 2.45) is 5.92 Å². The minimum atomic E-state index is -0.328. The Morgan fingerprint density at radius 2 is 2.00 bits per heavy atom. The van der Waals surface area contributed by atoms with Crippen molar-refractivity contribution in [3.63, 3.8) is 0 Å². The van der Waals surface area contributed by atoms with Gasteiger partial charge in [0.25, 0.3) is 5.69 Å². The van der Waals surface area contributed by atoms with E-state index in [2.05, 4.69) is 15.2 Å². The molecule has 3 heterocycles. The van der Waals surface area contributed by atoms with Crippen LogP contribution in [0.3, 0.4) is 0 Å². The molecule has 0 aliphatic carbocycles. The van der Waals surface area contributed by atoms with Gasteiger partial charge in [-0.25, -0.2) is 0 Å². The number of piperidine rings is 1. The number of pyridine rings is 1. The lowest BCUT2D eigenvalue weighted by atomic mass is 9.88. The molecule has 1 aromatic heterocycles. The highest BCUT2D eigenvalue weighted by molar-refractivity contribution is 5.99. The predicted octanol–water partition coefficient (Wildman–Crippen LogP) is 3.11. The predicted molar refractivity (Wildman–Crippen MR) is 94.4 cm³/mol. The van der Waals surface area contributed by atoms with E-state index in [9.17, 15) is 10.1 Å². The summed E-state index contributed by atoms with van der Waals surface area (Å²) < 4.78 is 0. The normalized spacial score (nSPS) is 22.2. The summed E-state index contributed by atoms with van der Waals surface area (Å²) in [4.78, 5) is 17.4. The smallest absolute Gasteiger partial charge is 0.278 e. The summed E-state index contributed by atoms with van der Waals surface area (Å²) in [6.07, 6.45) is 8.28. The molecular formula is C18H22N4O2. The van der Waals surface area contributed by atoms with Crippen LogP contribution in [0.4, 0.5) is 11.4 Å². The molecule has 6 heteroatoms. The number of aromatic nitrogens is 1. The van der Waals surface area contributed by atoms with Gasteiger partial charge in [0.1, 0.15) is 0 Å². The summed E-state index contributed by atoms with van der Waals surface area (Å²) in [5, 5.41) is 16.4. The number of nitro benzene ring substituents is 1. The zero-order chi connectivity index (χ0) is 16.5. The zero-order valence-corrected chi connectivity index (χ0v) is 13.6. The van der Waals surface area contributed by atoms with Crippen molar-refractivity contribution in [3.8, 4) is 0 Å². The van der Waals surface area contributed by atoms with E-state index in [0.29, 0.717) is 11.4 Å². The van der Waals surface area contributed by atoms with E-state index in [-0.39, 0.29) is 10.6 Å². The molecule has 24 heavy (non-hydrogen) atoms. The minimum Gasteiger partial charge on any atom is -0.371 e. The first-order valence-electron chi connectivity index (χ1n) is 8.73. The highest BCUT2D eigenvalue weighted by atomic mass is 16.6. The lowest BCUT2D eigenvalue weighted by Crippen LogP contribution is -2.41. The van der Waals surface area contributed by atoms with Gasteiger partial charge in [-0.3, -0.25) is 15.1 Å². The molecule has 0 radical (unpaired) electrons. The summed E-state index contributed by atoms with van der Waals surface area (Å²) in [6, 6.07) is 6.09. The molecule has 1 atom stereocenters. The van der Waals surface area contributed by atoms with Crippen molar-refractivity contribution in [3.05, 3.63) is 40.7 Å². The maximum atomic E-state index is 11.2. The first-order chi connectivity index (χ1) is 11.7. The van der Waals surface area contributed by atoms with Crippen LogP contribution in [0, 0.1) is 16.0 Å². The van der Waals surface area contributed by atoms with Gasteiger partial charge in [0, 0.05) is 48.7 Å². The topological polar surface area (TPSA) is 71.3 Å². The molecule has 1 aromatic carbocycles. The molecule has 0 spiro atoms. The minimum absolute atomic E-state index is 0.131. The Kier molecular flexibility index (Phi) is 4.06. The van der Waals surface area contributed by atoms with Gasteiger partial charge in [0.15, 0.2) is 0 Å². The molecule has 2 aliphatic rings. The fraction of sp³-hybridized carbons (Fsp3) is 0.500. The van der Waals surface area contributed by atoms with E-state index in [4.69, 9.17) is 0 Å². The largest absolute Gasteiger partial charge is 0.371 e. The number of nitrogens with one attached hydrogen (secondary N) is 1. The Labute approximate surface area is 141 Å². The van der Waals surface area contributed by atoms with E-state index in [1.165, 1.54) is 25.7 Å². The Balaban J connectivity index is 1.59. The number of benzene rings is 1. The van der Waals surface area contributed by atoms with Crippen LogP contribution >= 0.6 is 0 Å². The Hall–Kier alpha value is -2.21. The zero-order valence-electron chi connectivity index (χ0n) is 13.6. The monoisotopic (exact) mass is 326 g/mol. The van der Waals surface area contributed by atoms with Crippen LogP contribution < -0.4 is 10.2 Å². The summed E-state index contributed by atoms with van der Waals surface area (Å²) in [5.74, 6) is 0.759. The average Bonchev–Trinajstić information content (AvgIpc) is 3.15. The van der Waals surface area contributed by atoms with Crippen LogP contribution in [0.15, 0.2) is 30.6 Å². The lowest BCUT2D eigenvalue weighted by molar-refractivity contribution is -0.383. The molecule has 0 bridgehead atoms. The maximum absolute atomic E-state index is 11.2. The highest BCUT2D eigenvalue weighted by Gasteiger charge is 2.29. The lowest BCUT2D eigenvalue weighted by Gasteiger charge is -2.36. The van der Waals surface area contributed by atoms with Gasteiger partial charge in [0.2, 0.25) is 0 Å². The van der Waals surface area contributed by atoms with Crippen LogP contribution in [0.25, 0.3) is 10.8 Å². The van der Waals surface area contributed by atoms with Gasteiger partial charge in [-0.1, -0.05) is 0 Å². The molecule has 0 saturated carbocycles. The number of fused-ring (bicyclic) bond motifs is 1. The summed E-state index contributed by atoms with van der Waals surface area (Å²) in [6.45, 7) is 3.18. The van der Waals surface area contributed by atoms with E-state index < -0.39 is 0 Å². The summed E-state index contributed by atoms with van der Waals surface area (Å²) >= 11 is 0. The van der Waals surface area contributed by atoms with Crippen LogP contribution in [0.1, 0.15) is 25.7 Å². The SMILES string of the molecule is O=[N+]([O-])c1ccc(N2CCC(C3CCCN3)CC2)c2ccncc12. The highest BCUT2D eigenvalue weighted by Crippen LogP contribution is 2.35. The van der Waals surface area contributed by atoms with Gasteiger partial charge in [-0.15, -0.1) is 0 Å². The standard InChI is InChI=1S/C18H22N4O2/c23-22(24)18-4-3-17(14-5-9-19-12-15(14)18)21-10-6-13(7-11-21)16-2-1-8-20-16/h3-5,9,12-13,16,20H,1-2,6-8,10-11H2. The summed E-state index contributed by atoms with van der Waals surface area (Å²) in [5.41, 5.74) is 1.22. The molecule has 0 amide bonds. The number of non-ortho nitro benzene ring substituents is 1. The van der Waals surface area contributed by atoms with Gasteiger partial charge >= 0.3 is 0 Å². The van der Waals surface area contributed by atoms with Gasteiger partial charge in [0.05, 0.1) is 10.3 Å². The van der Waals surface area contributed by atoms with Gasteiger partial charge in [-0.2, -0.15) is 0 Å². The third-order valence-electron chi connectivity index (χ3n) is 5.52. The number of hydrogen-bond acceptors (Lipinski definition) is 5. The second-order valence-corrected chi connectivity index (χ2v) is 6.81. The second-order valence-electron chi connectivity index (χ2n) is 6.81. The third kappa shape index (κ3) is 2.71. The van der Waals surface area contributed by atoms with Gasteiger partial charge in [-0.05, 0) is 50.3 Å². The van der Waals surface area contributed by atoms with Crippen molar-refractivity contribution in [2.75, 3.05) is 24.5 Å². The Bertz CT molecular complexity index is 750. The molecule has 2 saturated heterocycles. The molecule has 2 fully saturated rings. The van der Waals surface area contributed by atoms with Crippen molar-refractivity contribution in [2.45, 2.75) is 31.7 Å². The average molecular weight is 326 g/mol. The molecule has 1 N–H and O–H groups in total. The Morgan fingerprint density at radius 3 is 2.71 bits per heavy atom. The molecule has 4 rings (SSSR count).